The van der Waals surface area contributed by atoms with Crippen LogP contribution in [-0.2, 0) is 4.79 Å². The molecule has 2 fully saturated rings. The summed E-state index contributed by atoms with van der Waals surface area (Å²) in [5.41, 5.74) is -0.0530. The molecule has 90 valence electrons. The van der Waals surface area contributed by atoms with Crippen molar-refractivity contribution in [2.45, 2.75) is 39.7 Å². The van der Waals surface area contributed by atoms with Gasteiger partial charge in [-0.3, -0.25) is 4.79 Å². The molecule has 0 radical (unpaired) electrons. The molecule has 2 saturated carbocycles. The molecule has 0 amide bonds. The first-order valence-corrected chi connectivity index (χ1v) is 6.22. The summed E-state index contributed by atoms with van der Waals surface area (Å²) in [6, 6.07) is 0. The first-order chi connectivity index (χ1) is 7.38. The summed E-state index contributed by atoms with van der Waals surface area (Å²) in [5, 5.41) is 10.2. The molecule has 0 aromatic heterocycles. The number of rotatable bonds is 1. The summed E-state index contributed by atoms with van der Waals surface area (Å²) in [5.74, 6) is 1.07. The van der Waals surface area contributed by atoms with E-state index in [2.05, 4.69) is 27.4 Å². The van der Waals surface area contributed by atoms with Gasteiger partial charge >= 0.3 is 0 Å². The van der Waals surface area contributed by atoms with Gasteiger partial charge in [-0.1, -0.05) is 26.8 Å². The number of hydrogen-bond donors (Lipinski definition) is 1. The average molecular weight is 222 g/mol. The highest BCUT2D eigenvalue weighted by molar-refractivity contribution is 5.85. The molecule has 0 heterocycles. The van der Waals surface area contributed by atoms with Crippen LogP contribution in [0.5, 0.6) is 0 Å². The van der Waals surface area contributed by atoms with Gasteiger partial charge in [-0.15, -0.1) is 6.58 Å². The van der Waals surface area contributed by atoms with Crippen LogP contribution in [0.1, 0.15) is 33.6 Å². The Morgan fingerprint density at radius 3 is 2.69 bits per heavy atom. The van der Waals surface area contributed by atoms with Crippen molar-refractivity contribution in [2.24, 2.45) is 29.1 Å². The van der Waals surface area contributed by atoms with Crippen molar-refractivity contribution < 1.29 is 9.90 Å². The lowest BCUT2D eigenvalue weighted by Crippen LogP contribution is -2.44. The maximum atomic E-state index is 12.1. The topological polar surface area (TPSA) is 37.3 Å². The summed E-state index contributed by atoms with van der Waals surface area (Å²) < 4.78 is 0. The standard InChI is InChI=1S/C14H22O2/c1-5-9-8(2)6-10(15)13-12(9)11(16)7-14(13,3)4/h5,8-10,12-13,15H,1,6-7H2,2-4H3/t8-,9+,10-,12-,13+/m1/s1. The molecule has 0 aromatic carbocycles. The number of ketones is 1. The van der Waals surface area contributed by atoms with Crippen LogP contribution in [0.25, 0.3) is 0 Å². The van der Waals surface area contributed by atoms with Gasteiger partial charge in [-0.2, -0.15) is 0 Å². The van der Waals surface area contributed by atoms with E-state index in [0.29, 0.717) is 18.1 Å². The maximum Gasteiger partial charge on any atom is 0.137 e. The van der Waals surface area contributed by atoms with E-state index in [-0.39, 0.29) is 29.3 Å². The Labute approximate surface area is 97.7 Å². The number of aliphatic hydroxyl groups is 1. The largest absolute Gasteiger partial charge is 0.393 e. The van der Waals surface area contributed by atoms with Crippen LogP contribution in [0.3, 0.4) is 0 Å². The smallest absolute Gasteiger partial charge is 0.137 e. The fourth-order valence-corrected chi connectivity index (χ4v) is 4.00. The third-order valence-electron chi connectivity index (χ3n) is 4.66. The Morgan fingerprint density at radius 2 is 2.12 bits per heavy atom. The zero-order valence-electron chi connectivity index (χ0n) is 10.4. The Balaban J connectivity index is 2.38. The molecule has 2 heteroatoms. The Bertz CT molecular complexity index is 319. The summed E-state index contributed by atoms with van der Waals surface area (Å²) in [4.78, 5) is 12.1. The van der Waals surface area contributed by atoms with E-state index < -0.39 is 0 Å². The fourth-order valence-electron chi connectivity index (χ4n) is 4.00. The van der Waals surface area contributed by atoms with E-state index in [9.17, 15) is 9.90 Å². The van der Waals surface area contributed by atoms with Crippen LogP contribution in [0.4, 0.5) is 0 Å². The summed E-state index contributed by atoms with van der Waals surface area (Å²) in [7, 11) is 0. The van der Waals surface area contributed by atoms with E-state index in [0.717, 1.165) is 6.42 Å². The monoisotopic (exact) mass is 222 g/mol. The highest BCUT2D eigenvalue weighted by Gasteiger charge is 2.56. The normalized spacial score (nSPS) is 46.5. The van der Waals surface area contributed by atoms with E-state index in [1.165, 1.54) is 0 Å². The number of aliphatic hydroxyl groups excluding tert-OH is 1. The maximum absolute atomic E-state index is 12.1. The first kappa shape index (κ1) is 11.8. The van der Waals surface area contributed by atoms with Gasteiger partial charge in [0, 0.05) is 18.3 Å². The molecule has 1 N–H and O–H groups in total. The third-order valence-corrected chi connectivity index (χ3v) is 4.66. The Hall–Kier alpha value is -0.630. The average Bonchev–Trinajstić information content (AvgIpc) is 2.37. The van der Waals surface area contributed by atoms with Gasteiger partial charge in [0.15, 0.2) is 0 Å². The van der Waals surface area contributed by atoms with Crippen molar-refractivity contribution >= 4 is 5.78 Å². The molecule has 2 rings (SSSR count). The third kappa shape index (κ3) is 1.55. The van der Waals surface area contributed by atoms with Gasteiger partial charge in [0.25, 0.3) is 0 Å². The highest BCUT2D eigenvalue weighted by Crippen LogP contribution is 2.54. The molecular formula is C14H22O2. The molecule has 0 unspecified atom stereocenters. The Morgan fingerprint density at radius 1 is 1.50 bits per heavy atom. The van der Waals surface area contributed by atoms with Crippen molar-refractivity contribution in [2.75, 3.05) is 0 Å². The lowest BCUT2D eigenvalue weighted by molar-refractivity contribution is -0.126. The van der Waals surface area contributed by atoms with E-state index in [1.807, 2.05) is 6.08 Å². The van der Waals surface area contributed by atoms with Gasteiger partial charge in [0.1, 0.15) is 5.78 Å². The first-order valence-electron chi connectivity index (χ1n) is 6.22. The lowest BCUT2D eigenvalue weighted by Gasteiger charge is -2.43. The van der Waals surface area contributed by atoms with Gasteiger partial charge < -0.3 is 5.11 Å². The molecule has 2 nitrogen and oxygen atoms in total. The minimum absolute atomic E-state index is 0.00579. The molecule has 0 saturated heterocycles. The zero-order valence-corrected chi connectivity index (χ0v) is 10.4. The zero-order chi connectivity index (χ0) is 12.1. The number of carbonyl (C=O) groups is 1. The van der Waals surface area contributed by atoms with Crippen LogP contribution in [0.15, 0.2) is 12.7 Å². The lowest BCUT2D eigenvalue weighted by atomic mass is 9.62. The molecule has 5 atom stereocenters. The quantitative estimate of drug-likeness (QED) is 0.692. The van der Waals surface area contributed by atoms with Crippen molar-refractivity contribution in [1.29, 1.82) is 0 Å². The van der Waals surface area contributed by atoms with Crippen molar-refractivity contribution in [3.05, 3.63) is 12.7 Å². The molecule has 0 spiro atoms. The van der Waals surface area contributed by atoms with E-state index in [4.69, 9.17) is 0 Å². The molecule has 0 aromatic rings. The molecule has 0 aliphatic heterocycles. The predicted octanol–water partition coefficient (Wildman–Crippen LogP) is 2.42. The molecule has 16 heavy (non-hydrogen) atoms. The van der Waals surface area contributed by atoms with Crippen molar-refractivity contribution in [1.82, 2.24) is 0 Å². The number of hydrogen-bond acceptors (Lipinski definition) is 2. The number of fused-ring (bicyclic) bond motifs is 1. The van der Waals surface area contributed by atoms with E-state index >= 15 is 0 Å². The molecule has 2 aliphatic carbocycles. The van der Waals surface area contributed by atoms with Gasteiger partial charge in [-0.25, -0.2) is 0 Å². The minimum Gasteiger partial charge on any atom is -0.393 e. The van der Waals surface area contributed by atoms with Crippen LogP contribution in [0, 0.1) is 29.1 Å². The van der Waals surface area contributed by atoms with Crippen LogP contribution in [-0.4, -0.2) is 17.0 Å². The van der Waals surface area contributed by atoms with Crippen molar-refractivity contribution in [3.63, 3.8) is 0 Å². The SMILES string of the molecule is C=C[C@@H]1[C@@H]2C(=O)CC(C)(C)[C@H]2[C@H](O)C[C@H]1C. The molecule has 2 aliphatic rings. The molecule has 0 bridgehead atoms. The Kier molecular flexibility index (Phi) is 2.73. The van der Waals surface area contributed by atoms with Crippen LogP contribution < -0.4 is 0 Å². The van der Waals surface area contributed by atoms with Gasteiger partial charge in [0.05, 0.1) is 6.10 Å². The number of allylic oxidation sites excluding steroid dienone is 1. The van der Waals surface area contributed by atoms with Gasteiger partial charge in [0.2, 0.25) is 0 Å². The van der Waals surface area contributed by atoms with Crippen LogP contribution >= 0.6 is 0 Å². The van der Waals surface area contributed by atoms with Crippen molar-refractivity contribution in [3.8, 4) is 0 Å². The van der Waals surface area contributed by atoms with E-state index in [1.54, 1.807) is 0 Å². The summed E-state index contributed by atoms with van der Waals surface area (Å²) in [6.45, 7) is 10.2. The van der Waals surface area contributed by atoms with Crippen LogP contribution in [0.2, 0.25) is 0 Å². The minimum atomic E-state index is -0.322. The highest BCUT2D eigenvalue weighted by atomic mass is 16.3. The second-order valence-corrected chi connectivity index (χ2v) is 6.28. The summed E-state index contributed by atoms with van der Waals surface area (Å²) >= 11 is 0. The van der Waals surface area contributed by atoms with Gasteiger partial charge in [-0.05, 0) is 23.7 Å². The fraction of sp³-hybridized carbons (Fsp3) is 0.786. The second-order valence-electron chi connectivity index (χ2n) is 6.28. The second kappa shape index (κ2) is 3.69. The predicted molar refractivity (Wildman–Crippen MR) is 63.9 cm³/mol. The number of Topliss-reactive ketones (excluding diaryl/α,β-unsaturated/α-hetero) is 1. The number of carbonyl (C=O) groups excluding carboxylic acids is 1. The summed E-state index contributed by atoms with van der Waals surface area (Å²) in [6.07, 6.45) is 3.01. The molecular weight excluding hydrogens is 200 g/mol.